The van der Waals surface area contributed by atoms with Gasteiger partial charge in [0, 0.05) is 16.7 Å². The smallest absolute Gasteiger partial charge is 0.261 e. The summed E-state index contributed by atoms with van der Waals surface area (Å²) in [6, 6.07) is 3.62. The first-order valence-corrected chi connectivity index (χ1v) is 5.71. The molecule has 0 aliphatic carbocycles. The molecule has 5 heteroatoms. The van der Waals surface area contributed by atoms with Gasteiger partial charge in [-0.25, -0.2) is 9.29 Å². The van der Waals surface area contributed by atoms with E-state index in [-0.39, 0.29) is 28.2 Å². The summed E-state index contributed by atoms with van der Waals surface area (Å²) in [5.74, 6) is -2.08. The van der Waals surface area contributed by atoms with E-state index < -0.39 is 17.6 Å². The number of carbonyl (C=O) groups is 3. The molecule has 0 saturated carbocycles. The molecule has 2 amide bonds. The van der Waals surface area contributed by atoms with Crippen molar-refractivity contribution in [2.45, 2.75) is 20.8 Å². The molecule has 1 aliphatic rings. The van der Waals surface area contributed by atoms with Crippen LogP contribution in [-0.4, -0.2) is 17.6 Å². The number of hydrogen-bond donors (Lipinski definition) is 0. The molecule has 0 bridgehead atoms. The molecule has 19 heavy (non-hydrogen) atoms. The molecule has 1 aromatic carbocycles. The molecule has 1 aromatic rings. The second-order valence-electron chi connectivity index (χ2n) is 4.42. The van der Waals surface area contributed by atoms with Crippen molar-refractivity contribution in [1.29, 1.82) is 0 Å². The lowest BCUT2D eigenvalue weighted by molar-refractivity contribution is -0.120. The summed E-state index contributed by atoms with van der Waals surface area (Å²) in [6.07, 6.45) is 0. The molecule has 0 aromatic heterocycles. The molecule has 1 aliphatic heterocycles. The monoisotopic (exact) mass is 261 g/mol. The van der Waals surface area contributed by atoms with Crippen molar-refractivity contribution in [3.63, 3.8) is 0 Å². The molecular formula is C14H12FNO3. The summed E-state index contributed by atoms with van der Waals surface area (Å²) in [4.78, 5) is 36.0. The predicted molar refractivity (Wildman–Crippen MR) is 67.3 cm³/mol. The van der Waals surface area contributed by atoms with E-state index in [9.17, 15) is 18.8 Å². The van der Waals surface area contributed by atoms with Crippen LogP contribution in [0.4, 0.5) is 10.1 Å². The highest BCUT2D eigenvalue weighted by atomic mass is 19.1. The first-order chi connectivity index (χ1) is 8.84. The Kier molecular flexibility index (Phi) is 3.06. The van der Waals surface area contributed by atoms with Crippen LogP contribution < -0.4 is 4.90 Å². The van der Waals surface area contributed by atoms with Crippen molar-refractivity contribution < 1.29 is 18.8 Å². The second-order valence-corrected chi connectivity index (χ2v) is 4.42. The van der Waals surface area contributed by atoms with Gasteiger partial charge in [-0.15, -0.1) is 0 Å². The van der Waals surface area contributed by atoms with Gasteiger partial charge in [-0.05, 0) is 39.0 Å². The van der Waals surface area contributed by atoms with Crippen LogP contribution in [0.5, 0.6) is 0 Å². The molecular weight excluding hydrogens is 249 g/mol. The zero-order valence-electron chi connectivity index (χ0n) is 10.8. The first-order valence-electron chi connectivity index (χ1n) is 5.71. The number of rotatable bonds is 2. The number of Topliss-reactive ketones (excluding diaryl/α,β-unsaturated/α-hetero) is 1. The summed E-state index contributed by atoms with van der Waals surface area (Å²) < 4.78 is 13.8. The largest absolute Gasteiger partial charge is 0.295 e. The van der Waals surface area contributed by atoms with Crippen LogP contribution in [0.3, 0.4) is 0 Å². The van der Waals surface area contributed by atoms with Crippen molar-refractivity contribution in [3.8, 4) is 0 Å². The van der Waals surface area contributed by atoms with Gasteiger partial charge in [-0.1, -0.05) is 0 Å². The van der Waals surface area contributed by atoms with Gasteiger partial charge in [0.1, 0.15) is 5.82 Å². The maximum absolute atomic E-state index is 13.8. The van der Waals surface area contributed by atoms with Crippen molar-refractivity contribution in [1.82, 2.24) is 0 Å². The van der Waals surface area contributed by atoms with Crippen molar-refractivity contribution in [2.24, 2.45) is 0 Å². The van der Waals surface area contributed by atoms with Crippen molar-refractivity contribution in [3.05, 3.63) is 40.7 Å². The van der Waals surface area contributed by atoms with Crippen LogP contribution >= 0.6 is 0 Å². The van der Waals surface area contributed by atoms with Gasteiger partial charge in [-0.2, -0.15) is 0 Å². The molecule has 98 valence electrons. The fourth-order valence-corrected chi connectivity index (χ4v) is 1.87. The minimum atomic E-state index is -0.714. The SMILES string of the molecule is CC(=O)c1ccc(F)c(N2C(=O)C(C)=C(C)C2=O)c1. The second kappa shape index (κ2) is 4.42. The van der Waals surface area contributed by atoms with Gasteiger partial charge < -0.3 is 0 Å². The minimum absolute atomic E-state index is 0.182. The number of imide groups is 1. The Morgan fingerprint density at radius 1 is 1.11 bits per heavy atom. The zero-order chi connectivity index (χ0) is 14.3. The standard InChI is InChI=1S/C14H12FNO3/c1-7-8(2)14(19)16(13(7)18)12-6-10(9(3)17)4-5-11(12)15/h4-6H,1-3H3. The molecule has 0 N–H and O–H groups in total. The van der Waals surface area contributed by atoms with E-state index in [1.165, 1.54) is 32.9 Å². The molecule has 0 fully saturated rings. The van der Waals surface area contributed by atoms with Gasteiger partial charge in [0.05, 0.1) is 5.69 Å². The third-order valence-corrected chi connectivity index (χ3v) is 3.20. The van der Waals surface area contributed by atoms with Crippen LogP contribution in [0.25, 0.3) is 0 Å². The molecule has 0 atom stereocenters. The van der Waals surface area contributed by atoms with Crippen molar-refractivity contribution in [2.75, 3.05) is 4.90 Å². The quantitative estimate of drug-likeness (QED) is 0.606. The molecule has 0 saturated heterocycles. The number of hydrogen-bond acceptors (Lipinski definition) is 3. The zero-order valence-corrected chi connectivity index (χ0v) is 10.8. The minimum Gasteiger partial charge on any atom is -0.295 e. The molecule has 4 nitrogen and oxygen atoms in total. The maximum Gasteiger partial charge on any atom is 0.261 e. The fourth-order valence-electron chi connectivity index (χ4n) is 1.87. The number of carbonyl (C=O) groups excluding carboxylic acids is 3. The van der Waals surface area contributed by atoms with E-state index in [0.29, 0.717) is 0 Å². The normalized spacial score (nSPS) is 15.5. The van der Waals surface area contributed by atoms with E-state index in [1.54, 1.807) is 0 Å². The Morgan fingerprint density at radius 3 is 2.11 bits per heavy atom. The Labute approximate surface area is 109 Å². The average molecular weight is 261 g/mol. The molecule has 0 unspecified atom stereocenters. The van der Waals surface area contributed by atoms with E-state index in [2.05, 4.69) is 0 Å². The lowest BCUT2D eigenvalue weighted by Crippen LogP contribution is -2.32. The summed E-state index contributed by atoms with van der Waals surface area (Å²) in [5, 5.41) is 0. The molecule has 0 spiro atoms. The lowest BCUT2D eigenvalue weighted by atomic mass is 10.1. The lowest BCUT2D eigenvalue weighted by Gasteiger charge is -2.16. The maximum atomic E-state index is 13.8. The van der Waals surface area contributed by atoms with E-state index in [1.807, 2.05) is 0 Å². The highest BCUT2D eigenvalue weighted by Crippen LogP contribution is 2.29. The topological polar surface area (TPSA) is 54.5 Å². The fraction of sp³-hybridized carbons (Fsp3) is 0.214. The Hall–Kier alpha value is -2.30. The van der Waals surface area contributed by atoms with Gasteiger partial charge in [0.15, 0.2) is 5.78 Å². The summed E-state index contributed by atoms with van der Waals surface area (Å²) >= 11 is 0. The highest BCUT2D eigenvalue weighted by Gasteiger charge is 2.36. The number of halogens is 1. The van der Waals surface area contributed by atoms with Gasteiger partial charge in [0.2, 0.25) is 0 Å². The van der Waals surface area contributed by atoms with Gasteiger partial charge >= 0.3 is 0 Å². The molecule has 0 radical (unpaired) electrons. The van der Waals surface area contributed by atoms with E-state index >= 15 is 0 Å². The summed E-state index contributed by atoms with van der Waals surface area (Å²) in [7, 11) is 0. The average Bonchev–Trinajstić information content (AvgIpc) is 2.55. The number of amides is 2. The van der Waals surface area contributed by atoms with Crippen LogP contribution in [0, 0.1) is 5.82 Å². The summed E-state index contributed by atoms with van der Waals surface area (Å²) in [5.41, 5.74) is 0.647. The van der Waals surface area contributed by atoms with Crippen LogP contribution in [-0.2, 0) is 9.59 Å². The van der Waals surface area contributed by atoms with Crippen molar-refractivity contribution >= 4 is 23.3 Å². The van der Waals surface area contributed by atoms with Gasteiger partial charge in [0.25, 0.3) is 11.8 Å². The van der Waals surface area contributed by atoms with Crippen LogP contribution in [0.15, 0.2) is 29.3 Å². The number of benzene rings is 1. The van der Waals surface area contributed by atoms with Crippen LogP contribution in [0.1, 0.15) is 31.1 Å². The third kappa shape index (κ3) is 1.97. The molecule has 2 rings (SSSR count). The summed E-state index contributed by atoms with van der Waals surface area (Å²) in [6.45, 7) is 4.37. The van der Waals surface area contributed by atoms with Crippen LogP contribution in [0.2, 0.25) is 0 Å². The molecule has 1 heterocycles. The Balaban J connectivity index is 2.55. The number of nitrogens with zero attached hydrogens (tertiary/aromatic N) is 1. The van der Waals surface area contributed by atoms with E-state index in [0.717, 1.165) is 11.0 Å². The Morgan fingerprint density at radius 2 is 1.63 bits per heavy atom. The Bertz CT molecular complexity index is 622. The van der Waals surface area contributed by atoms with E-state index in [4.69, 9.17) is 0 Å². The highest BCUT2D eigenvalue weighted by molar-refractivity contribution is 6.32. The third-order valence-electron chi connectivity index (χ3n) is 3.20. The first kappa shape index (κ1) is 13.1. The number of anilines is 1. The number of ketones is 1. The predicted octanol–water partition coefficient (Wildman–Crippen LogP) is 2.24. The van der Waals surface area contributed by atoms with Gasteiger partial charge in [-0.3, -0.25) is 14.4 Å².